The number of nitrogens with one attached hydrogen (secondary N) is 5. The molecule has 1 rings (SSSR count). The Bertz CT molecular complexity index is 1230. The van der Waals surface area contributed by atoms with Gasteiger partial charge in [0.1, 0.15) is 18.1 Å². The molecule has 0 radical (unpaired) electrons. The normalized spacial score (nSPS) is 13.3. The molecule has 0 aromatic heterocycles. The van der Waals surface area contributed by atoms with Crippen molar-refractivity contribution in [3.05, 3.63) is 35.9 Å². The minimum atomic E-state index is -1.20. The van der Waals surface area contributed by atoms with Crippen LogP contribution in [0.1, 0.15) is 57.9 Å². The molecule has 0 heterocycles. The van der Waals surface area contributed by atoms with Gasteiger partial charge in [-0.2, -0.15) is 0 Å². The van der Waals surface area contributed by atoms with Crippen LogP contribution in [-0.4, -0.2) is 96.9 Å². The summed E-state index contributed by atoms with van der Waals surface area (Å²) in [5, 5.41) is 22.1. The van der Waals surface area contributed by atoms with Gasteiger partial charge in [-0.3, -0.25) is 29.0 Å². The summed E-state index contributed by atoms with van der Waals surface area (Å²) in [6, 6.07) is 4.58. The molecular weight excluding hydrogens is 624 g/mol. The highest BCUT2D eigenvalue weighted by atomic mass is 16.4. The van der Waals surface area contributed by atoms with Crippen molar-refractivity contribution in [2.75, 3.05) is 26.2 Å². The van der Waals surface area contributed by atoms with Gasteiger partial charge >= 0.3 is 5.97 Å². The average Bonchev–Trinajstić information content (AvgIpc) is 3.03. The van der Waals surface area contributed by atoms with E-state index in [2.05, 4.69) is 31.6 Å². The Hall–Kier alpha value is -4.77. The van der Waals surface area contributed by atoms with E-state index in [9.17, 15) is 33.9 Å². The van der Waals surface area contributed by atoms with Gasteiger partial charge in [-0.1, -0.05) is 44.2 Å². The molecule has 0 aliphatic heterocycles. The van der Waals surface area contributed by atoms with E-state index in [0.717, 1.165) is 5.56 Å². The molecule has 1 aromatic rings. The van der Waals surface area contributed by atoms with Crippen LogP contribution in [-0.2, 0) is 35.2 Å². The van der Waals surface area contributed by atoms with Gasteiger partial charge in [0.25, 0.3) is 0 Å². The van der Waals surface area contributed by atoms with Crippen LogP contribution < -0.4 is 49.5 Å². The highest BCUT2D eigenvalue weighted by Crippen LogP contribution is 2.10. The van der Waals surface area contributed by atoms with Crippen molar-refractivity contribution in [3.63, 3.8) is 0 Å². The number of carbonyl (C=O) groups is 6. The van der Waals surface area contributed by atoms with Crippen LogP contribution in [0.25, 0.3) is 0 Å². The number of carboxylic acids is 1. The monoisotopic (exact) mass is 676 g/mol. The Morgan fingerprint density at radius 3 is 2.00 bits per heavy atom. The fourth-order valence-electron chi connectivity index (χ4n) is 4.49. The molecule has 17 heteroatoms. The van der Waals surface area contributed by atoms with E-state index in [4.69, 9.17) is 22.9 Å². The molecule has 1 aromatic carbocycles. The number of hydrogen-bond donors (Lipinski definition) is 10. The van der Waals surface area contributed by atoms with Gasteiger partial charge in [-0.15, -0.1) is 0 Å². The SMILES string of the molecule is CC(C)C[C@H](NC(=O)[C@H](Cc1ccccc1)NC(=O)CNC(=O)CNC(=O)[C@@H](N)CCCN=C(N)N)C(=O)N[C@@H](CCCCN)C(=O)O. The zero-order valence-corrected chi connectivity index (χ0v) is 27.7. The standard InChI is InChI=1S/C31H52N10O7/c1-19(2)15-23(28(45)40-22(30(47)48)12-6-7-13-32)41-29(46)24(16-20-9-4-3-5-10-20)39-26(43)18-37-25(42)17-38-27(44)21(33)11-8-14-36-31(34)35/h3-5,9-10,19,21-24H,6-8,11-18,32-33H2,1-2H3,(H,37,42)(H,38,44)(H,39,43)(H,40,45)(H,41,46)(H,47,48)(H4,34,35,36)/t21-,22-,23-,24-/m0/s1. The van der Waals surface area contributed by atoms with Gasteiger partial charge in [-0.05, 0) is 56.6 Å². The van der Waals surface area contributed by atoms with E-state index >= 15 is 0 Å². The van der Waals surface area contributed by atoms with Crippen molar-refractivity contribution in [2.24, 2.45) is 33.8 Å². The largest absolute Gasteiger partial charge is 0.480 e. The van der Waals surface area contributed by atoms with Crippen molar-refractivity contribution in [2.45, 2.75) is 83.0 Å². The summed E-state index contributed by atoms with van der Waals surface area (Å²) in [5.74, 6) is -4.57. The van der Waals surface area contributed by atoms with Crippen LogP contribution in [0.2, 0.25) is 0 Å². The summed E-state index contributed by atoms with van der Waals surface area (Å²) in [6.07, 6.45) is 2.29. The van der Waals surface area contributed by atoms with Gasteiger partial charge in [0, 0.05) is 13.0 Å². The van der Waals surface area contributed by atoms with E-state index in [1.807, 2.05) is 13.8 Å². The highest BCUT2D eigenvalue weighted by Gasteiger charge is 2.30. The first-order valence-electron chi connectivity index (χ1n) is 16.0. The number of carboxylic acid groups (broad SMARTS) is 1. The number of aliphatic imine (C=N–C) groups is 1. The highest BCUT2D eigenvalue weighted by molar-refractivity contribution is 5.94. The quantitative estimate of drug-likeness (QED) is 0.0330. The lowest BCUT2D eigenvalue weighted by Gasteiger charge is -2.25. The van der Waals surface area contributed by atoms with Gasteiger partial charge in [0.05, 0.1) is 19.1 Å². The van der Waals surface area contributed by atoms with E-state index in [1.165, 1.54) is 0 Å². The van der Waals surface area contributed by atoms with Crippen LogP contribution in [0.15, 0.2) is 35.3 Å². The maximum Gasteiger partial charge on any atom is 0.326 e. The molecule has 0 unspecified atom stereocenters. The third-order valence-corrected chi connectivity index (χ3v) is 7.01. The maximum atomic E-state index is 13.5. The molecule has 4 atom stereocenters. The Labute approximate surface area is 280 Å². The summed E-state index contributed by atoms with van der Waals surface area (Å²) >= 11 is 0. The Balaban J connectivity index is 2.86. The number of aliphatic carboxylic acids is 1. The first-order valence-corrected chi connectivity index (χ1v) is 16.0. The fourth-order valence-corrected chi connectivity index (χ4v) is 4.49. The lowest BCUT2D eigenvalue weighted by molar-refractivity contribution is -0.142. The molecule has 0 aliphatic rings. The third-order valence-electron chi connectivity index (χ3n) is 7.01. The Kier molecular flexibility index (Phi) is 19.5. The summed E-state index contributed by atoms with van der Waals surface area (Å²) in [5.41, 5.74) is 22.5. The number of carbonyl (C=O) groups excluding carboxylic acids is 5. The molecule has 0 saturated heterocycles. The summed E-state index contributed by atoms with van der Waals surface area (Å²) in [6.45, 7) is 3.45. The molecule has 48 heavy (non-hydrogen) atoms. The lowest BCUT2D eigenvalue weighted by atomic mass is 10.0. The molecule has 5 amide bonds. The van der Waals surface area contributed by atoms with Gasteiger partial charge in [0.15, 0.2) is 5.96 Å². The zero-order chi connectivity index (χ0) is 36.1. The first kappa shape index (κ1) is 41.3. The molecular formula is C31H52N10O7. The Morgan fingerprint density at radius 2 is 1.40 bits per heavy atom. The second-order valence-corrected chi connectivity index (χ2v) is 11.7. The molecule has 17 nitrogen and oxygen atoms in total. The third kappa shape index (κ3) is 17.8. The van der Waals surface area contributed by atoms with Crippen LogP contribution in [0.4, 0.5) is 0 Å². The van der Waals surface area contributed by atoms with Crippen LogP contribution in [0, 0.1) is 5.92 Å². The number of amides is 5. The first-order chi connectivity index (χ1) is 22.7. The molecule has 0 bridgehead atoms. The number of benzene rings is 1. The topological polar surface area (TPSA) is 299 Å². The summed E-state index contributed by atoms with van der Waals surface area (Å²) in [4.78, 5) is 79.6. The molecule has 0 aliphatic carbocycles. The molecule has 0 spiro atoms. The molecule has 14 N–H and O–H groups in total. The zero-order valence-electron chi connectivity index (χ0n) is 27.7. The molecule has 0 saturated carbocycles. The number of nitrogens with two attached hydrogens (primary N) is 4. The van der Waals surface area contributed by atoms with E-state index < -0.39 is 72.8 Å². The minimum Gasteiger partial charge on any atom is -0.480 e. The number of nitrogens with zero attached hydrogens (tertiary/aromatic N) is 1. The number of rotatable bonds is 23. The number of hydrogen-bond acceptors (Lipinski definition) is 9. The molecule has 268 valence electrons. The predicted octanol–water partition coefficient (Wildman–Crippen LogP) is -2.44. The van der Waals surface area contributed by atoms with Gasteiger partial charge in [0.2, 0.25) is 29.5 Å². The van der Waals surface area contributed by atoms with E-state index in [-0.39, 0.29) is 37.6 Å². The fraction of sp³-hybridized carbons (Fsp3) is 0.581. The number of guanidine groups is 1. The van der Waals surface area contributed by atoms with Crippen molar-refractivity contribution >= 4 is 41.5 Å². The van der Waals surface area contributed by atoms with E-state index in [0.29, 0.717) is 32.4 Å². The Morgan fingerprint density at radius 1 is 0.771 bits per heavy atom. The number of unbranched alkanes of at least 4 members (excludes halogenated alkanes) is 1. The second kappa shape index (κ2) is 22.7. The van der Waals surface area contributed by atoms with Crippen molar-refractivity contribution < 1.29 is 33.9 Å². The van der Waals surface area contributed by atoms with E-state index in [1.54, 1.807) is 30.3 Å². The van der Waals surface area contributed by atoms with Crippen LogP contribution in [0.3, 0.4) is 0 Å². The lowest BCUT2D eigenvalue weighted by Crippen LogP contribution is -2.57. The van der Waals surface area contributed by atoms with Crippen molar-refractivity contribution in [1.29, 1.82) is 0 Å². The second-order valence-electron chi connectivity index (χ2n) is 11.7. The average molecular weight is 677 g/mol. The van der Waals surface area contributed by atoms with Crippen LogP contribution in [0.5, 0.6) is 0 Å². The van der Waals surface area contributed by atoms with Crippen LogP contribution >= 0.6 is 0 Å². The smallest absolute Gasteiger partial charge is 0.326 e. The van der Waals surface area contributed by atoms with Gasteiger partial charge in [-0.25, -0.2) is 4.79 Å². The van der Waals surface area contributed by atoms with Gasteiger partial charge < -0.3 is 54.6 Å². The van der Waals surface area contributed by atoms with Crippen molar-refractivity contribution in [3.8, 4) is 0 Å². The molecule has 0 fully saturated rings. The summed E-state index contributed by atoms with van der Waals surface area (Å²) < 4.78 is 0. The van der Waals surface area contributed by atoms with Crippen molar-refractivity contribution in [1.82, 2.24) is 26.6 Å². The minimum absolute atomic E-state index is 0.0429. The predicted molar refractivity (Wildman–Crippen MR) is 180 cm³/mol. The maximum absolute atomic E-state index is 13.5. The summed E-state index contributed by atoms with van der Waals surface area (Å²) in [7, 11) is 0.